The molecule has 8 heteroatoms. The van der Waals surface area contributed by atoms with Crippen molar-refractivity contribution >= 4 is 22.8 Å². The number of aromatic nitrogens is 4. The van der Waals surface area contributed by atoms with Gasteiger partial charge < -0.3 is 9.80 Å². The normalized spacial score (nSPS) is 15.1. The fourth-order valence-corrected chi connectivity index (χ4v) is 3.69. The number of fused-ring (bicyclic) bond motifs is 1. The van der Waals surface area contributed by atoms with Gasteiger partial charge in [0.2, 0.25) is 5.91 Å². The Morgan fingerprint density at radius 2 is 1.83 bits per heavy atom. The average molecular weight is 393 g/mol. The molecule has 8 nitrogen and oxygen atoms in total. The first kappa shape index (κ1) is 19.3. The highest BCUT2D eigenvalue weighted by Gasteiger charge is 2.23. The topological polar surface area (TPSA) is 70.4 Å². The fourth-order valence-electron chi connectivity index (χ4n) is 3.69. The third-order valence-electron chi connectivity index (χ3n) is 5.51. The maximum atomic E-state index is 12.7. The van der Waals surface area contributed by atoms with E-state index in [0.29, 0.717) is 13.1 Å². The molecule has 0 saturated carbocycles. The third-order valence-corrected chi connectivity index (χ3v) is 5.51. The van der Waals surface area contributed by atoms with E-state index in [2.05, 4.69) is 56.1 Å². The first-order valence-corrected chi connectivity index (χ1v) is 9.91. The second-order valence-electron chi connectivity index (χ2n) is 7.70. The van der Waals surface area contributed by atoms with Crippen molar-refractivity contribution < 1.29 is 4.79 Å². The van der Waals surface area contributed by atoms with Crippen LogP contribution in [0, 0.1) is 6.92 Å². The van der Waals surface area contributed by atoms with Gasteiger partial charge >= 0.3 is 0 Å². The summed E-state index contributed by atoms with van der Waals surface area (Å²) < 4.78 is 1.76. The highest BCUT2D eigenvalue weighted by Crippen LogP contribution is 2.23. The van der Waals surface area contributed by atoms with Gasteiger partial charge in [-0.25, -0.2) is 9.97 Å². The summed E-state index contributed by atoms with van der Waals surface area (Å²) in [4.78, 5) is 27.7. The second-order valence-corrected chi connectivity index (χ2v) is 7.70. The Hall–Kier alpha value is -3.00. The zero-order valence-corrected chi connectivity index (χ0v) is 17.2. The van der Waals surface area contributed by atoms with Gasteiger partial charge in [-0.2, -0.15) is 5.10 Å². The van der Waals surface area contributed by atoms with E-state index in [4.69, 9.17) is 0 Å². The molecule has 1 amide bonds. The quantitative estimate of drug-likeness (QED) is 0.654. The fraction of sp³-hybridized carbons (Fsp3) is 0.429. The summed E-state index contributed by atoms with van der Waals surface area (Å²) in [7, 11) is 3.76. The minimum atomic E-state index is 0.149. The van der Waals surface area contributed by atoms with E-state index >= 15 is 0 Å². The number of amides is 1. The molecule has 1 aromatic carbocycles. The number of likely N-dealkylation sites (N-methyl/N-ethyl adjacent to an activating group) is 1. The molecule has 2 aromatic heterocycles. The molecular weight excluding hydrogens is 366 g/mol. The third kappa shape index (κ3) is 4.22. The molecule has 152 valence electrons. The van der Waals surface area contributed by atoms with Gasteiger partial charge in [0.1, 0.15) is 12.1 Å². The molecule has 29 heavy (non-hydrogen) atoms. The molecule has 0 atom stereocenters. The Kier molecular flexibility index (Phi) is 5.44. The van der Waals surface area contributed by atoms with Crippen LogP contribution in [0.15, 0.2) is 36.8 Å². The van der Waals surface area contributed by atoms with Gasteiger partial charge in [0.25, 0.3) is 0 Å². The lowest BCUT2D eigenvalue weighted by Crippen LogP contribution is -2.49. The van der Waals surface area contributed by atoms with E-state index in [9.17, 15) is 4.79 Å². The van der Waals surface area contributed by atoms with Gasteiger partial charge in [-0.15, -0.1) is 0 Å². The van der Waals surface area contributed by atoms with Crippen LogP contribution < -0.4 is 4.90 Å². The lowest BCUT2D eigenvalue weighted by atomic mass is 10.1. The maximum absolute atomic E-state index is 12.7. The van der Waals surface area contributed by atoms with Crippen molar-refractivity contribution in [2.45, 2.75) is 13.5 Å². The highest BCUT2D eigenvalue weighted by molar-refractivity contribution is 5.86. The first-order valence-electron chi connectivity index (χ1n) is 9.91. The van der Waals surface area contributed by atoms with Crippen LogP contribution in [0.3, 0.4) is 0 Å². The summed E-state index contributed by atoms with van der Waals surface area (Å²) in [5.41, 5.74) is 3.22. The van der Waals surface area contributed by atoms with Crippen LogP contribution in [0.2, 0.25) is 0 Å². The number of hydrogen-bond acceptors (Lipinski definition) is 6. The highest BCUT2D eigenvalue weighted by atomic mass is 16.2. The van der Waals surface area contributed by atoms with Crippen LogP contribution in [0.1, 0.15) is 11.1 Å². The number of nitrogens with zero attached hydrogens (tertiary/aromatic N) is 7. The monoisotopic (exact) mass is 393 g/mol. The van der Waals surface area contributed by atoms with E-state index < -0.39 is 0 Å². The molecule has 1 aliphatic heterocycles. The standard InChI is InChI=1S/C21H27N7O/c1-16-4-6-17(7-5-16)13-25(2)19(29)14-27-8-10-28(11-9-27)21-18-12-24-26(3)20(18)22-15-23-21/h4-7,12,15H,8-11,13-14H2,1-3H3. The maximum Gasteiger partial charge on any atom is 0.236 e. The summed E-state index contributed by atoms with van der Waals surface area (Å²) in [5.74, 6) is 1.07. The summed E-state index contributed by atoms with van der Waals surface area (Å²) in [6, 6.07) is 8.33. The lowest BCUT2D eigenvalue weighted by Gasteiger charge is -2.35. The Morgan fingerprint density at radius 3 is 2.55 bits per heavy atom. The number of rotatable bonds is 5. The van der Waals surface area contributed by atoms with Crippen LogP contribution in [0.5, 0.6) is 0 Å². The summed E-state index contributed by atoms with van der Waals surface area (Å²) in [6.07, 6.45) is 3.41. The SMILES string of the molecule is Cc1ccc(CN(C)C(=O)CN2CCN(c3ncnc4c3cnn4C)CC2)cc1. The zero-order chi connectivity index (χ0) is 20.4. The number of hydrogen-bond donors (Lipinski definition) is 0. The van der Waals surface area contributed by atoms with Crippen molar-refractivity contribution in [3.63, 3.8) is 0 Å². The molecule has 1 aliphatic rings. The smallest absolute Gasteiger partial charge is 0.236 e. The molecule has 0 N–H and O–H groups in total. The number of piperazine rings is 1. The van der Waals surface area contributed by atoms with Crippen LogP contribution in [0.4, 0.5) is 5.82 Å². The van der Waals surface area contributed by atoms with Crippen molar-refractivity contribution in [1.29, 1.82) is 0 Å². The molecule has 0 radical (unpaired) electrons. The predicted octanol–water partition coefficient (Wildman–Crippen LogP) is 1.45. The summed E-state index contributed by atoms with van der Waals surface area (Å²) >= 11 is 0. The Morgan fingerprint density at radius 1 is 1.10 bits per heavy atom. The van der Waals surface area contributed by atoms with Crippen molar-refractivity contribution in [2.75, 3.05) is 44.7 Å². The molecule has 0 bridgehead atoms. The summed E-state index contributed by atoms with van der Waals surface area (Å²) in [6.45, 7) is 6.47. The van der Waals surface area contributed by atoms with Crippen LogP contribution in [-0.4, -0.2) is 75.2 Å². The van der Waals surface area contributed by atoms with Crippen LogP contribution in [0.25, 0.3) is 11.0 Å². The van der Waals surface area contributed by atoms with Crippen molar-refractivity contribution in [3.8, 4) is 0 Å². The van der Waals surface area contributed by atoms with Gasteiger partial charge in [-0.1, -0.05) is 29.8 Å². The van der Waals surface area contributed by atoms with E-state index in [1.807, 2.05) is 20.3 Å². The van der Waals surface area contributed by atoms with Gasteiger partial charge in [-0.3, -0.25) is 14.4 Å². The number of anilines is 1. The van der Waals surface area contributed by atoms with Crippen molar-refractivity contribution in [3.05, 3.63) is 47.9 Å². The van der Waals surface area contributed by atoms with Crippen LogP contribution in [-0.2, 0) is 18.4 Å². The van der Waals surface area contributed by atoms with E-state index in [0.717, 1.165) is 48.6 Å². The second kappa shape index (κ2) is 8.16. The molecule has 4 rings (SSSR count). The molecule has 1 fully saturated rings. The number of aryl methyl sites for hydroxylation is 2. The van der Waals surface area contributed by atoms with E-state index in [1.165, 1.54) is 5.56 Å². The molecule has 1 saturated heterocycles. The van der Waals surface area contributed by atoms with Gasteiger partial charge in [0, 0.05) is 46.8 Å². The van der Waals surface area contributed by atoms with Gasteiger partial charge in [-0.05, 0) is 12.5 Å². The van der Waals surface area contributed by atoms with E-state index in [1.54, 1.807) is 15.9 Å². The largest absolute Gasteiger partial charge is 0.353 e. The predicted molar refractivity (Wildman–Crippen MR) is 113 cm³/mol. The molecule has 0 spiro atoms. The molecule has 3 heterocycles. The van der Waals surface area contributed by atoms with Crippen LogP contribution >= 0.6 is 0 Å². The minimum Gasteiger partial charge on any atom is -0.353 e. The minimum absolute atomic E-state index is 0.149. The van der Waals surface area contributed by atoms with Crippen molar-refractivity contribution in [1.82, 2.24) is 29.5 Å². The summed E-state index contributed by atoms with van der Waals surface area (Å²) in [5, 5.41) is 5.26. The first-order chi connectivity index (χ1) is 14.0. The Bertz CT molecular complexity index is 990. The molecule has 3 aromatic rings. The number of carbonyl (C=O) groups is 1. The zero-order valence-electron chi connectivity index (χ0n) is 17.2. The Labute approximate surface area is 170 Å². The molecule has 0 aliphatic carbocycles. The molecular formula is C21H27N7O. The van der Waals surface area contributed by atoms with Crippen molar-refractivity contribution in [2.24, 2.45) is 7.05 Å². The van der Waals surface area contributed by atoms with E-state index in [-0.39, 0.29) is 5.91 Å². The van der Waals surface area contributed by atoms with Gasteiger partial charge in [0.05, 0.1) is 18.1 Å². The number of carbonyl (C=O) groups excluding carboxylic acids is 1. The number of benzene rings is 1. The Balaban J connectivity index is 1.32. The lowest BCUT2D eigenvalue weighted by molar-refractivity contribution is -0.131. The van der Waals surface area contributed by atoms with Gasteiger partial charge in [0.15, 0.2) is 5.65 Å². The molecule has 0 unspecified atom stereocenters. The average Bonchev–Trinajstić information content (AvgIpc) is 3.11.